The van der Waals surface area contributed by atoms with Crippen molar-refractivity contribution in [3.05, 3.63) is 0 Å². The Morgan fingerprint density at radius 3 is 2.65 bits per heavy atom. The second-order valence-corrected chi connectivity index (χ2v) is 5.95. The lowest BCUT2D eigenvalue weighted by atomic mass is 9.97. The maximum atomic E-state index is 11.5. The van der Waals surface area contributed by atoms with Crippen molar-refractivity contribution in [2.45, 2.75) is 62.6 Å². The van der Waals surface area contributed by atoms with E-state index in [4.69, 9.17) is 4.74 Å². The van der Waals surface area contributed by atoms with E-state index in [1.807, 2.05) is 0 Å². The smallest absolute Gasteiger partial charge is 0.324 e. The molecular weight excluding hydrogens is 218 g/mol. The zero-order chi connectivity index (χ0) is 11.9. The number of aliphatic carboxylic acids is 1. The maximum absolute atomic E-state index is 11.5. The van der Waals surface area contributed by atoms with Gasteiger partial charge in [-0.2, -0.15) is 0 Å². The van der Waals surface area contributed by atoms with Crippen molar-refractivity contribution in [3.63, 3.8) is 0 Å². The van der Waals surface area contributed by atoms with Crippen LogP contribution in [0.25, 0.3) is 0 Å². The lowest BCUT2D eigenvalue weighted by Crippen LogP contribution is -2.51. The van der Waals surface area contributed by atoms with E-state index in [9.17, 15) is 9.90 Å². The molecule has 3 rings (SSSR count). The molecule has 4 nitrogen and oxygen atoms in total. The Hall–Kier alpha value is -0.610. The number of hydrogen-bond acceptors (Lipinski definition) is 3. The van der Waals surface area contributed by atoms with Crippen molar-refractivity contribution in [3.8, 4) is 0 Å². The van der Waals surface area contributed by atoms with Gasteiger partial charge >= 0.3 is 5.97 Å². The molecule has 3 fully saturated rings. The predicted molar refractivity (Wildman–Crippen MR) is 62.8 cm³/mol. The molecule has 3 aliphatic rings. The molecule has 0 saturated heterocycles. The van der Waals surface area contributed by atoms with Gasteiger partial charge in [0.1, 0.15) is 5.54 Å². The Kier molecular flexibility index (Phi) is 2.87. The minimum absolute atomic E-state index is 0.151. The van der Waals surface area contributed by atoms with Gasteiger partial charge in [0.15, 0.2) is 0 Å². The molecule has 0 aliphatic heterocycles. The Labute approximate surface area is 102 Å². The summed E-state index contributed by atoms with van der Waals surface area (Å²) in [4.78, 5) is 11.5. The second kappa shape index (κ2) is 4.25. The second-order valence-electron chi connectivity index (χ2n) is 5.95. The van der Waals surface area contributed by atoms with Gasteiger partial charge in [-0.1, -0.05) is 0 Å². The molecule has 0 amide bonds. The van der Waals surface area contributed by atoms with Gasteiger partial charge in [0.05, 0.1) is 6.10 Å². The first kappa shape index (κ1) is 11.5. The third-order valence-corrected chi connectivity index (χ3v) is 4.20. The van der Waals surface area contributed by atoms with Crippen LogP contribution in [0, 0.1) is 5.92 Å². The van der Waals surface area contributed by atoms with Crippen molar-refractivity contribution >= 4 is 5.97 Å². The number of hydrogen-bond donors (Lipinski definition) is 2. The fourth-order valence-corrected chi connectivity index (χ4v) is 2.70. The molecule has 3 saturated carbocycles. The molecule has 0 aromatic heterocycles. The number of carboxylic acids is 1. The maximum Gasteiger partial charge on any atom is 0.324 e. The van der Waals surface area contributed by atoms with Crippen LogP contribution in [0.4, 0.5) is 0 Å². The third kappa shape index (κ3) is 2.63. The summed E-state index contributed by atoms with van der Waals surface area (Å²) in [5, 5.41) is 12.7. The molecule has 96 valence electrons. The van der Waals surface area contributed by atoms with Crippen LogP contribution in [0.5, 0.6) is 0 Å². The summed E-state index contributed by atoms with van der Waals surface area (Å²) < 4.78 is 5.83. The molecule has 0 aromatic carbocycles. The topological polar surface area (TPSA) is 58.6 Å². The van der Waals surface area contributed by atoms with Gasteiger partial charge < -0.3 is 9.84 Å². The van der Waals surface area contributed by atoms with Crippen LogP contribution in [0.1, 0.15) is 44.9 Å². The number of carboxylic acid groups (broad SMARTS) is 1. The van der Waals surface area contributed by atoms with Gasteiger partial charge in [-0.15, -0.1) is 0 Å². The van der Waals surface area contributed by atoms with Crippen LogP contribution < -0.4 is 5.32 Å². The molecule has 4 heteroatoms. The van der Waals surface area contributed by atoms with E-state index in [1.165, 1.54) is 12.8 Å². The Morgan fingerprint density at radius 1 is 1.29 bits per heavy atom. The normalized spacial score (nSPS) is 37.3. The molecular formula is C13H21NO3. The summed E-state index contributed by atoms with van der Waals surface area (Å²) in [5.41, 5.74) is -0.699. The summed E-state index contributed by atoms with van der Waals surface area (Å²) in [5.74, 6) is 0.0631. The average Bonchev–Trinajstić information content (AvgIpc) is 3.18. The van der Waals surface area contributed by atoms with E-state index in [1.54, 1.807) is 0 Å². The number of carbonyl (C=O) groups is 1. The van der Waals surface area contributed by atoms with Crippen LogP contribution in [-0.2, 0) is 9.53 Å². The van der Waals surface area contributed by atoms with Gasteiger partial charge in [-0.05, 0) is 44.4 Å². The molecule has 2 unspecified atom stereocenters. The van der Waals surface area contributed by atoms with E-state index in [2.05, 4.69) is 5.32 Å². The third-order valence-electron chi connectivity index (χ3n) is 4.20. The van der Waals surface area contributed by atoms with Gasteiger partial charge in [0.25, 0.3) is 0 Å². The van der Waals surface area contributed by atoms with E-state index in [0.717, 1.165) is 31.8 Å². The van der Waals surface area contributed by atoms with E-state index < -0.39 is 11.5 Å². The quantitative estimate of drug-likeness (QED) is 0.738. The van der Waals surface area contributed by atoms with Gasteiger partial charge in [0.2, 0.25) is 0 Å². The van der Waals surface area contributed by atoms with Crippen LogP contribution in [-0.4, -0.2) is 35.4 Å². The molecule has 0 spiro atoms. The summed E-state index contributed by atoms with van der Waals surface area (Å²) in [6.45, 7) is 0.837. The molecule has 2 atom stereocenters. The number of ether oxygens (including phenoxy) is 1. The van der Waals surface area contributed by atoms with E-state index in [0.29, 0.717) is 18.9 Å². The van der Waals surface area contributed by atoms with Crippen LogP contribution in [0.3, 0.4) is 0 Å². The van der Waals surface area contributed by atoms with Crippen molar-refractivity contribution in [1.29, 1.82) is 0 Å². The molecule has 0 aromatic rings. The average molecular weight is 239 g/mol. The standard InChI is InChI=1S/C13H21NO3/c15-12(16)13(14-10-3-4-10)6-5-11(7-13)17-8-9-1-2-9/h9-11,14H,1-8H2,(H,15,16). The Morgan fingerprint density at radius 2 is 2.06 bits per heavy atom. The molecule has 0 bridgehead atoms. The zero-order valence-electron chi connectivity index (χ0n) is 10.2. The fraction of sp³-hybridized carbons (Fsp3) is 0.923. The van der Waals surface area contributed by atoms with Crippen LogP contribution in [0.2, 0.25) is 0 Å². The summed E-state index contributed by atoms with van der Waals surface area (Å²) in [7, 11) is 0. The fourth-order valence-electron chi connectivity index (χ4n) is 2.70. The van der Waals surface area contributed by atoms with Gasteiger partial charge in [-0.3, -0.25) is 10.1 Å². The van der Waals surface area contributed by atoms with Crippen LogP contribution in [0.15, 0.2) is 0 Å². The van der Waals surface area contributed by atoms with Crippen molar-refractivity contribution < 1.29 is 14.6 Å². The Balaban J connectivity index is 1.55. The van der Waals surface area contributed by atoms with Crippen LogP contribution >= 0.6 is 0 Å². The zero-order valence-corrected chi connectivity index (χ0v) is 10.2. The Bertz CT molecular complexity index is 312. The highest BCUT2D eigenvalue weighted by Gasteiger charge is 2.48. The highest BCUT2D eigenvalue weighted by atomic mass is 16.5. The first-order valence-electron chi connectivity index (χ1n) is 6.81. The molecule has 3 aliphatic carbocycles. The lowest BCUT2D eigenvalue weighted by Gasteiger charge is -2.26. The van der Waals surface area contributed by atoms with Crippen molar-refractivity contribution in [2.24, 2.45) is 5.92 Å². The predicted octanol–water partition coefficient (Wildman–Crippen LogP) is 1.54. The van der Waals surface area contributed by atoms with Crippen molar-refractivity contribution in [2.75, 3.05) is 6.61 Å². The first-order chi connectivity index (χ1) is 8.18. The number of rotatable bonds is 6. The highest BCUT2D eigenvalue weighted by Crippen LogP contribution is 2.37. The minimum Gasteiger partial charge on any atom is -0.480 e. The number of nitrogens with one attached hydrogen (secondary N) is 1. The SMILES string of the molecule is O=C(O)C1(NC2CC2)CCC(OCC2CC2)C1. The van der Waals surface area contributed by atoms with Gasteiger partial charge in [-0.25, -0.2) is 0 Å². The molecule has 2 N–H and O–H groups in total. The molecule has 0 heterocycles. The van der Waals surface area contributed by atoms with Gasteiger partial charge in [0, 0.05) is 19.1 Å². The molecule has 0 radical (unpaired) electrons. The summed E-state index contributed by atoms with van der Waals surface area (Å²) in [6.07, 6.45) is 7.23. The monoisotopic (exact) mass is 239 g/mol. The minimum atomic E-state index is -0.699. The summed E-state index contributed by atoms with van der Waals surface area (Å²) in [6, 6.07) is 0.438. The largest absolute Gasteiger partial charge is 0.480 e. The van der Waals surface area contributed by atoms with E-state index in [-0.39, 0.29) is 6.10 Å². The lowest BCUT2D eigenvalue weighted by molar-refractivity contribution is -0.145. The highest BCUT2D eigenvalue weighted by molar-refractivity contribution is 5.79. The summed E-state index contributed by atoms with van der Waals surface area (Å²) >= 11 is 0. The first-order valence-corrected chi connectivity index (χ1v) is 6.81. The van der Waals surface area contributed by atoms with Crippen molar-refractivity contribution in [1.82, 2.24) is 5.32 Å². The van der Waals surface area contributed by atoms with E-state index >= 15 is 0 Å². The molecule has 17 heavy (non-hydrogen) atoms.